The predicted octanol–water partition coefficient (Wildman–Crippen LogP) is 1.79. The number of methoxy groups -OCH3 is 1. The molecule has 5 nitrogen and oxygen atoms in total. The Kier molecular flexibility index (Phi) is 7.90. The third-order valence-electron chi connectivity index (χ3n) is 4.12. The van der Waals surface area contributed by atoms with Crippen molar-refractivity contribution < 1.29 is 9.47 Å². The van der Waals surface area contributed by atoms with Gasteiger partial charge in [0.25, 0.3) is 0 Å². The Labute approximate surface area is 139 Å². The van der Waals surface area contributed by atoms with Crippen LogP contribution in [0.15, 0.2) is 35.3 Å². The maximum atomic E-state index is 5.65. The van der Waals surface area contributed by atoms with Gasteiger partial charge in [-0.05, 0) is 18.4 Å². The molecule has 0 spiro atoms. The van der Waals surface area contributed by atoms with Crippen LogP contribution < -0.4 is 5.32 Å². The molecule has 1 unspecified atom stereocenters. The van der Waals surface area contributed by atoms with E-state index in [1.165, 1.54) is 5.56 Å². The second-order valence-electron chi connectivity index (χ2n) is 5.88. The molecule has 23 heavy (non-hydrogen) atoms. The average molecular weight is 319 g/mol. The number of hydrogen-bond acceptors (Lipinski definition) is 3. The van der Waals surface area contributed by atoms with Crippen LogP contribution in [0.2, 0.25) is 0 Å². The normalized spacial score (nSPS) is 18.4. The van der Waals surface area contributed by atoms with Gasteiger partial charge in [0.05, 0.1) is 19.8 Å². The molecular weight excluding hydrogens is 290 g/mol. The van der Waals surface area contributed by atoms with Crippen LogP contribution in [0.25, 0.3) is 0 Å². The van der Waals surface area contributed by atoms with E-state index >= 15 is 0 Å². The van der Waals surface area contributed by atoms with Gasteiger partial charge in [0.15, 0.2) is 5.96 Å². The SMILES string of the molecule is CN=C(NCCc1ccccc1)N1CCC(COCCOC)C1. The largest absolute Gasteiger partial charge is 0.382 e. The first-order chi connectivity index (χ1) is 11.3. The Balaban J connectivity index is 1.68. The number of hydrogen-bond donors (Lipinski definition) is 1. The molecule has 1 fully saturated rings. The minimum absolute atomic E-state index is 0.583. The number of nitrogens with zero attached hydrogens (tertiary/aromatic N) is 2. The molecule has 1 heterocycles. The highest BCUT2D eigenvalue weighted by molar-refractivity contribution is 5.80. The summed E-state index contributed by atoms with van der Waals surface area (Å²) in [5.41, 5.74) is 1.35. The summed E-state index contributed by atoms with van der Waals surface area (Å²) in [7, 11) is 3.55. The van der Waals surface area contributed by atoms with Gasteiger partial charge in [-0.15, -0.1) is 0 Å². The van der Waals surface area contributed by atoms with Crippen LogP contribution in [-0.2, 0) is 15.9 Å². The fourth-order valence-electron chi connectivity index (χ4n) is 2.85. The number of benzene rings is 1. The van der Waals surface area contributed by atoms with Crippen molar-refractivity contribution in [1.29, 1.82) is 0 Å². The van der Waals surface area contributed by atoms with Crippen molar-refractivity contribution in [2.45, 2.75) is 12.8 Å². The summed E-state index contributed by atoms with van der Waals surface area (Å²) < 4.78 is 10.6. The fourth-order valence-corrected chi connectivity index (χ4v) is 2.85. The van der Waals surface area contributed by atoms with Crippen LogP contribution >= 0.6 is 0 Å². The topological polar surface area (TPSA) is 46.1 Å². The number of aliphatic imine (C=N–C) groups is 1. The molecule has 1 N–H and O–H groups in total. The number of ether oxygens (including phenoxy) is 2. The minimum Gasteiger partial charge on any atom is -0.382 e. The van der Waals surface area contributed by atoms with Crippen LogP contribution in [0.3, 0.4) is 0 Å². The van der Waals surface area contributed by atoms with E-state index in [2.05, 4.69) is 45.5 Å². The Morgan fingerprint density at radius 2 is 2.13 bits per heavy atom. The minimum atomic E-state index is 0.583. The molecule has 0 bridgehead atoms. The lowest BCUT2D eigenvalue weighted by molar-refractivity contribution is 0.0536. The molecule has 1 aromatic carbocycles. The zero-order chi connectivity index (χ0) is 16.3. The summed E-state index contributed by atoms with van der Waals surface area (Å²) in [6.45, 7) is 5.11. The van der Waals surface area contributed by atoms with Crippen molar-refractivity contribution in [3.63, 3.8) is 0 Å². The summed E-state index contributed by atoms with van der Waals surface area (Å²) >= 11 is 0. The highest BCUT2D eigenvalue weighted by Crippen LogP contribution is 2.16. The molecule has 1 atom stereocenters. The molecule has 1 aliphatic rings. The van der Waals surface area contributed by atoms with Gasteiger partial charge >= 0.3 is 0 Å². The van der Waals surface area contributed by atoms with E-state index < -0.39 is 0 Å². The summed E-state index contributed by atoms with van der Waals surface area (Å²) in [4.78, 5) is 6.74. The Morgan fingerprint density at radius 1 is 1.30 bits per heavy atom. The van der Waals surface area contributed by atoms with Crippen LogP contribution in [0.4, 0.5) is 0 Å². The maximum Gasteiger partial charge on any atom is 0.193 e. The molecule has 0 aromatic heterocycles. The Bertz CT molecular complexity index is 465. The van der Waals surface area contributed by atoms with Crippen molar-refractivity contribution in [2.75, 3.05) is 53.6 Å². The van der Waals surface area contributed by atoms with E-state index in [9.17, 15) is 0 Å². The van der Waals surface area contributed by atoms with Crippen molar-refractivity contribution in [2.24, 2.45) is 10.9 Å². The maximum absolute atomic E-state index is 5.65. The predicted molar refractivity (Wildman–Crippen MR) is 93.9 cm³/mol. The monoisotopic (exact) mass is 319 g/mol. The van der Waals surface area contributed by atoms with Gasteiger partial charge in [-0.2, -0.15) is 0 Å². The van der Waals surface area contributed by atoms with E-state index in [0.29, 0.717) is 19.1 Å². The number of likely N-dealkylation sites (tertiary alicyclic amines) is 1. The molecule has 2 rings (SSSR count). The van der Waals surface area contributed by atoms with Gasteiger partial charge in [0, 0.05) is 39.7 Å². The van der Waals surface area contributed by atoms with Gasteiger partial charge in [0.2, 0.25) is 0 Å². The molecule has 0 saturated carbocycles. The van der Waals surface area contributed by atoms with Crippen molar-refractivity contribution in [1.82, 2.24) is 10.2 Å². The first kappa shape index (κ1) is 17.8. The number of guanidine groups is 1. The number of rotatable bonds is 8. The summed E-state index contributed by atoms with van der Waals surface area (Å²) in [5, 5.41) is 3.47. The number of nitrogens with one attached hydrogen (secondary N) is 1. The van der Waals surface area contributed by atoms with Crippen molar-refractivity contribution in [3.05, 3.63) is 35.9 Å². The molecule has 128 valence electrons. The molecule has 0 amide bonds. The molecule has 0 radical (unpaired) electrons. The second-order valence-corrected chi connectivity index (χ2v) is 5.88. The third kappa shape index (κ3) is 6.20. The third-order valence-corrected chi connectivity index (χ3v) is 4.12. The first-order valence-electron chi connectivity index (χ1n) is 8.39. The highest BCUT2D eigenvalue weighted by atomic mass is 16.5. The quantitative estimate of drug-likeness (QED) is 0.451. The van der Waals surface area contributed by atoms with E-state index in [0.717, 1.165) is 45.0 Å². The van der Waals surface area contributed by atoms with Crippen LogP contribution in [0.1, 0.15) is 12.0 Å². The van der Waals surface area contributed by atoms with E-state index in [4.69, 9.17) is 9.47 Å². The smallest absolute Gasteiger partial charge is 0.193 e. The van der Waals surface area contributed by atoms with Gasteiger partial charge in [0.1, 0.15) is 0 Å². The fraction of sp³-hybridized carbons (Fsp3) is 0.611. The molecule has 5 heteroatoms. The van der Waals surface area contributed by atoms with Crippen molar-refractivity contribution >= 4 is 5.96 Å². The molecule has 1 aliphatic heterocycles. The molecule has 0 aliphatic carbocycles. The van der Waals surface area contributed by atoms with Gasteiger partial charge in [-0.25, -0.2) is 0 Å². The Morgan fingerprint density at radius 3 is 2.87 bits per heavy atom. The zero-order valence-corrected chi connectivity index (χ0v) is 14.3. The summed E-state index contributed by atoms with van der Waals surface area (Å²) in [6.07, 6.45) is 2.17. The zero-order valence-electron chi connectivity index (χ0n) is 14.3. The van der Waals surface area contributed by atoms with E-state index in [-0.39, 0.29) is 0 Å². The van der Waals surface area contributed by atoms with E-state index in [1.807, 2.05) is 7.05 Å². The second kappa shape index (κ2) is 10.2. The summed E-state index contributed by atoms with van der Waals surface area (Å²) in [6, 6.07) is 10.5. The van der Waals surface area contributed by atoms with E-state index in [1.54, 1.807) is 7.11 Å². The van der Waals surface area contributed by atoms with Gasteiger partial charge in [-0.3, -0.25) is 4.99 Å². The standard InChI is InChI=1S/C18H29N3O2/c1-19-18(20-10-8-16-6-4-3-5-7-16)21-11-9-17(14-21)15-23-13-12-22-2/h3-7,17H,8-15H2,1-2H3,(H,19,20). The van der Waals surface area contributed by atoms with Gasteiger partial charge < -0.3 is 19.7 Å². The molecular formula is C18H29N3O2. The average Bonchev–Trinajstić information content (AvgIpc) is 3.05. The Hall–Kier alpha value is -1.59. The lowest BCUT2D eigenvalue weighted by Crippen LogP contribution is -2.41. The lowest BCUT2D eigenvalue weighted by Gasteiger charge is -2.21. The first-order valence-corrected chi connectivity index (χ1v) is 8.39. The van der Waals surface area contributed by atoms with Crippen LogP contribution in [0.5, 0.6) is 0 Å². The van der Waals surface area contributed by atoms with Gasteiger partial charge in [-0.1, -0.05) is 30.3 Å². The van der Waals surface area contributed by atoms with Crippen molar-refractivity contribution in [3.8, 4) is 0 Å². The lowest BCUT2D eigenvalue weighted by atomic mass is 10.1. The summed E-state index contributed by atoms with van der Waals surface area (Å²) in [5.74, 6) is 1.58. The highest BCUT2D eigenvalue weighted by Gasteiger charge is 2.24. The molecule has 1 aromatic rings. The van der Waals surface area contributed by atoms with Crippen LogP contribution in [-0.4, -0.2) is 64.5 Å². The van der Waals surface area contributed by atoms with Crippen LogP contribution in [0, 0.1) is 5.92 Å². The molecule has 1 saturated heterocycles.